The molecule has 1 aliphatic heterocycles. The first kappa shape index (κ1) is 16.2. The molecule has 1 aliphatic rings. The van der Waals surface area contributed by atoms with E-state index in [1.807, 2.05) is 0 Å². The fourth-order valence-corrected chi connectivity index (χ4v) is 3.90. The Hall–Kier alpha value is -1.64. The van der Waals surface area contributed by atoms with Crippen LogP contribution >= 0.6 is 0 Å². The van der Waals surface area contributed by atoms with E-state index in [4.69, 9.17) is 9.78 Å². The number of rotatable bonds is 5. The molecule has 23 heavy (non-hydrogen) atoms. The summed E-state index contributed by atoms with van der Waals surface area (Å²) in [6.07, 6.45) is -0.201. The molecular weight excluding hydrogens is 284 g/mol. The molecule has 0 aliphatic carbocycles. The molecule has 1 fully saturated rings. The molecule has 1 saturated heterocycles. The van der Waals surface area contributed by atoms with Crippen molar-refractivity contribution in [3.05, 3.63) is 71.8 Å². The molecule has 122 valence electrons. The summed E-state index contributed by atoms with van der Waals surface area (Å²) >= 11 is 0. The highest BCUT2D eigenvalue weighted by atomic mass is 17.4. The summed E-state index contributed by atoms with van der Waals surface area (Å²) in [7, 11) is 0. The summed E-state index contributed by atoms with van der Waals surface area (Å²) in [5.74, 6) is 0. The van der Waals surface area contributed by atoms with Gasteiger partial charge in [0.1, 0.15) is 0 Å². The van der Waals surface area contributed by atoms with Gasteiger partial charge in [0.2, 0.25) is 6.29 Å². The SMILES string of the molecule is CC(C)(c1ccccc1)C(C)(C1OO1)C(C)(C)c1ccccc1. The van der Waals surface area contributed by atoms with E-state index in [-0.39, 0.29) is 22.5 Å². The highest BCUT2D eigenvalue weighted by Gasteiger charge is 2.63. The van der Waals surface area contributed by atoms with E-state index in [9.17, 15) is 0 Å². The molecule has 2 aromatic carbocycles. The van der Waals surface area contributed by atoms with Crippen molar-refractivity contribution >= 4 is 0 Å². The van der Waals surface area contributed by atoms with Crippen LogP contribution in [-0.4, -0.2) is 6.29 Å². The first-order valence-corrected chi connectivity index (χ1v) is 8.25. The quantitative estimate of drug-likeness (QED) is 0.557. The van der Waals surface area contributed by atoms with Crippen LogP contribution in [0, 0.1) is 5.41 Å². The van der Waals surface area contributed by atoms with Gasteiger partial charge in [-0.25, -0.2) is 0 Å². The molecule has 2 heteroatoms. The van der Waals surface area contributed by atoms with Crippen molar-refractivity contribution < 1.29 is 9.78 Å². The van der Waals surface area contributed by atoms with E-state index in [2.05, 4.69) is 95.3 Å². The maximum Gasteiger partial charge on any atom is 0.231 e. The Kier molecular flexibility index (Phi) is 3.86. The van der Waals surface area contributed by atoms with E-state index in [1.54, 1.807) is 0 Å². The molecule has 0 N–H and O–H groups in total. The zero-order valence-electron chi connectivity index (χ0n) is 14.7. The van der Waals surface area contributed by atoms with Crippen molar-refractivity contribution in [2.45, 2.75) is 51.7 Å². The van der Waals surface area contributed by atoms with Gasteiger partial charge >= 0.3 is 0 Å². The smallest absolute Gasteiger partial charge is 0.198 e. The second-order valence-electron chi connectivity index (χ2n) is 7.71. The van der Waals surface area contributed by atoms with Crippen LogP contribution in [-0.2, 0) is 20.6 Å². The van der Waals surface area contributed by atoms with Crippen LogP contribution in [0.5, 0.6) is 0 Å². The lowest BCUT2D eigenvalue weighted by molar-refractivity contribution is 0.0318. The van der Waals surface area contributed by atoms with Gasteiger partial charge in [-0.3, -0.25) is 0 Å². The van der Waals surface area contributed by atoms with Crippen LogP contribution in [0.15, 0.2) is 60.7 Å². The van der Waals surface area contributed by atoms with Gasteiger partial charge in [0.15, 0.2) is 0 Å². The van der Waals surface area contributed by atoms with E-state index in [0.29, 0.717) is 0 Å². The number of benzene rings is 2. The third kappa shape index (κ3) is 2.41. The summed E-state index contributed by atoms with van der Waals surface area (Å²) in [6.45, 7) is 11.4. The highest BCUT2D eigenvalue weighted by molar-refractivity contribution is 5.35. The number of hydrogen-bond acceptors (Lipinski definition) is 2. The summed E-state index contributed by atoms with van der Waals surface area (Å²) in [5.41, 5.74) is 2.10. The van der Waals surface area contributed by atoms with Gasteiger partial charge in [-0.15, -0.1) is 0 Å². The second-order valence-corrected chi connectivity index (χ2v) is 7.71. The topological polar surface area (TPSA) is 25.1 Å². The van der Waals surface area contributed by atoms with Crippen molar-refractivity contribution in [3.63, 3.8) is 0 Å². The molecule has 0 spiro atoms. The Morgan fingerprint density at radius 1 is 0.609 bits per heavy atom. The summed E-state index contributed by atoms with van der Waals surface area (Å²) in [4.78, 5) is 10.8. The first-order chi connectivity index (χ1) is 10.8. The van der Waals surface area contributed by atoms with Gasteiger partial charge in [-0.05, 0) is 11.1 Å². The Labute approximate surface area is 139 Å². The summed E-state index contributed by atoms with van der Waals surface area (Å²) in [5, 5.41) is 0. The van der Waals surface area contributed by atoms with Crippen LogP contribution in [0.4, 0.5) is 0 Å². The standard InChI is InChI=1S/C21H26O2/c1-19(2,16-12-8-6-9-13-16)21(5,18-22-23-18)20(3,4)17-14-10-7-11-15-17/h6-15,18H,1-5H3. The van der Waals surface area contributed by atoms with E-state index in [0.717, 1.165) is 0 Å². The van der Waals surface area contributed by atoms with Crippen LogP contribution in [0.25, 0.3) is 0 Å². The summed E-state index contributed by atoms with van der Waals surface area (Å²) in [6, 6.07) is 21.3. The van der Waals surface area contributed by atoms with E-state index < -0.39 is 0 Å². The van der Waals surface area contributed by atoms with Crippen LogP contribution in [0.3, 0.4) is 0 Å². The molecule has 0 amide bonds. The van der Waals surface area contributed by atoms with Gasteiger partial charge in [0, 0.05) is 16.2 Å². The molecule has 0 atom stereocenters. The van der Waals surface area contributed by atoms with Crippen LogP contribution < -0.4 is 0 Å². The van der Waals surface area contributed by atoms with Gasteiger partial charge in [-0.1, -0.05) is 95.3 Å². The molecule has 3 rings (SSSR count). The molecule has 0 aromatic heterocycles. The van der Waals surface area contributed by atoms with E-state index in [1.165, 1.54) is 11.1 Å². The predicted molar refractivity (Wildman–Crippen MR) is 93.0 cm³/mol. The molecule has 0 unspecified atom stereocenters. The van der Waals surface area contributed by atoms with Crippen LogP contribution in [0.2, 0.25) is 0 Å². The van der Waals surface area contributed by atoms with Gasteiger partial charge in [0.25, 0.3) is 0 Å². The highest BCUT2D eigenvalue weighted by Crippen LogP contribution is 2.59. The van der Waals surface area contributed by atoms with E-state index >= 15 is 0 Å². The van der Waals surface area contributed by atoms with Gasteiger partial charge < -0.3 is 0 Å². The van der Waals surface area contributed by atoms with Crippen molar-refractivity contribution in [1.29, 1.82) is 0 Å². The predicted octanol–water partition coefficient (Wildman–Crippen LogP) is 5.24. The van der Waals surface area contributed by atoms with Crippen molar-refractivity contribution in [3.8, 4) is 0 Å². The fourth-order valence-electron chi connectivity index (χ4n) is 3.90. The maximum absolute atomic E-state index is 5.39. The Balaban J connectivity index is 2.14. The molecule has 0 bridgehead atoms. The number of hydrogen-bond donors (Lipinski definition) is 0. The minimum Gasteiger partial charge on any atom is -0.198 e. The maximum atomic E-state index is 5.39. The lowest BCUT2D eigenvalue weighted by Crippen LogP contribution is -2.55. The Morgan fingerprint density at radius 2 is 0.957 bits per heavy atom. The minimum atomic E-state index is -0.233. The molecule has 2 aromatic rings. The summed E-state index contributed by atoms with van der Waals surface area (Å²) < 4.78 is 0. The Morgan fingerprint density at radius 3 is 1.26 bits per heavy atom. The second kappa shape index (κ2) is 5.47. The molecule has 0 radical (unpaired) electrons. The Bertz CT molecular complexity index is 603. The largest absolute Gasteiger partial charge is 0.231 e. The molecule has 1 heterocycles. The van der Waals surface area contributed by atoms with Crippen LogP contribution in [0.1, 0.15) is 45.7 Å². The fraction of sp³-hybridized carbons (Fsp3) is 0.429. The average molecular weight is 310 g/mol. The lowest BCUT2D eigenvalue weighted by atomic mass is 9.50. The molecule has 0 saturated carbocycles. The van der Waals surface area contributed by atoms with Crippen molar-refractivity contribution in [2.75, 3.05) is 0 Å². The van der Waals surface area contributed by atoms with Crippen molar-refractivity contribution in [1.82, 2.24) is 0 Å². The van der Waals surface area contributed by atoms with Gasteiger partial charge in [0.05, 0.1) is 0 Å². The van der Waals surface area contributed by atoms with Gasteiger partial charge in [-0.2, -0.15) is 9.78 Å². The average Bonchev–Trinajstić information content (AvgIpc) is 3.40. The lowest BCUT2D eigenvalue weighted by Gasteiger charge is -2.52. The molecule has 2 nitrogen and oxygen atoms in total. The monoisotopic (exact) mass is 310 g/mol. The minimum absolute atomic E-state index is 0.130. The zero-order chi connectivity index (χ0) is 16.7. The van der Waals surface area contributed by atoms with Crippen molar-refractivity contribution in [2.24, 2.45) is 5.41 Å². The third-order valence-electron chi connectivity index (χ3n) is 6.25. The normalized spacial score (nSPS) is 16.4. The molecular formula is C21H26O2. The third-order valence-corrected chi connectivity index (χ3v) is 6.25. The first-order valence-electron chi connectivity index (χ1n) is 8.25. The zero-order valence-corrected chi connectivity index (χ0v) is 14.7.